The van der Waals surface area contributed by atoms with E-state index in [1.165, 1.54) is 0 Å². The monoisotopic (exact) mass is 340 g/mol. The summed E-state index contributed by atoms with van der Waals surface area (Å²) in [5.74, 6) is 0.867. The van der Waals surface area contributed by atoms with Crippen molar-refractivity contribution in [1.82, 2.24) is 15.0 Å². The molecule has 6 heteroatoms. The number of H-pyrrole nitrogens is 1. The standard InChI is InChI=1S/C18H17ClN4O/c1-10-7-15-17(20-9-10)23-16(22-15)13-8-12(5-6-14(13)19)21-18(24)11-3-2-4-11/h5-9,11H,2-4H2,1H3,(H,21,24)(H,20,22,23). The van der Waals surface area contributed by atoms with Crippen LogP contribution in [0.3, 0.4) is 0 Å². The van der Waals surface area contributed by atoms with E-state index in [4.69, 9.17) is 11.6 Å². The van der Waals surface area contributed by atoms with Gasteiger partial charge in [0.25, 0.3) is 0 Å². The zero-order valence-corrected chi connectivity index (χ0v) is 14.0. The van der Waals surface area contributed by atoms with E-state index in [9.17, 15) is 4.79 Å². The maximum Gasteiger partial charge on any atom is 0.227 e. The summed E-state index contributed by atoms with van der Waals surface area (Å²) < 4.78 is 0. The number of nitrogens with one attached hydrogen (secondary N) is 2. The van der Waals surface area contributed by atoms with Crippen LogP contribution < -0.4 is 5.32 Å². The van der Waals surface area contributed by atoms with Crippen molar-refractivity contribution in [3.05, 3.63) is 41.0 Å². The topological polar surface area (TPSA) is 70.7 Å². The van der Waals surface area contributed by atoms with E-state index in [1.54, 1.807) is 12.3 Å². The van der Waals surface area contributed by atoms with Crippen LogP contribution in [0.1, 0.15) is 24.8 Å². The molecule has 1 aromatic carbocycles. The van der Waals surface area contributed by atoms with Gasteiger partial charge in [-0.05, 0) is 49.6 Å². The Morgan fingerprint density at radius 1 is 1.33 bits per heavy atom. The largest absolute Gasteiger partial charge is 0.337 e. The van der Waals surface area contributed by atoms with Crippen molar-refractivity contribution in [1.29, 1.82) is 0 Å². The lowest BCUT2D eigenvalue weighted by molar-refractivity contribution is -0.122. The van der Waals surface area contributed by atoms with Gasteiger partial charge in [-0.2, -0.15) is 0 Å². The highest BCUT2D eigenvalue weighted by Crippen LogP contribution is 2.32. The normalized spacial score (nSPS) is 14.6. The Kier molecular flexibility index (Phi) is 3.73. The second-order valence-electron chi connectivity index (χ2n) is 6.28. The van der Waals surface area contributed by atoms with Crippen LogP contribution in [0, 0.1) is 12.8 Å². The van der Waals surface area contributed by atoms with Gasteiger partial charge in [0.15, 0.2) is 5.65 Å². The first-order chi connectivity index (χ1) is 11.6. The Labute approximate surface area is 144 Å². The molecule has 4 rings (SSSR count). The summed E-state index contributed by atoms with van der Waals surface area (Å²) in [6.45, 7) is 1.98. The molecule has 3 aromatic rings. The zero-order valence-electron chi connectivity index (χ0n) is 13.3. The fraction of sp³-hybridized carbons (Fsp3) is 0.278. The number of aromatic amines is 1. The summed E-state index contributed by atoms with van der Waals surface area (Å²) >= 11 is 6.33. The molecule has 122 valence electrons. The molecule has 2 aromatic heterocycles. The van der Waals surface area contributed by atoms with Gasteiger partial charge in [-0.25, -0.2) is 9.97 Å². The fourth-order valence-corrected chi connectivity index (χ4v) is 3.04. The van der Waals surface area contributed by atoms with Crippen molar-refractivity contribution in [2.45, 2.75) is 26.2 Å². The molecular weight excluding hydrogens is 324 g/mol. The Morgan fingerprint density at radius 2 is 2.17 bits per heavy atom. The van der Waals surface area contributed by atoms with Gasteiger partial charge in [0.05, 0.1) is 10.5 Å². The quantitative estimate of drug-likeness (QED) is 0.745. The third kappa shape index (κ3) is 2.76. The molecule has 0 radical (unpaired) electrons. The molecular formula is C18H17ClN4O. The van der Waals surface area contributed by atoms with E-state index in [0.29, 0.717) is 16.5 Å². The number of anilines is 1. The number of aromatic nitrogens is 3. The summed E-state index contributed by atoms with van der Waals surface area (Å²) in [6.07, 6.45) is 4.86. The first kappa shape index (κ1) is 15.1. The molecule has 5 nitrogen and oxygen atoms in total. The molecule has 0 atom stereocenters. The van der Waals surface area contributed by atoms with Crippen LogP contribution in [0.5, 0.6) is 0 Å². The molecule has 2 heterocycles. The number of fused-ring (bicyclic) bond motifs is 1. The third-order valence-corrected chi connectivity index (χ3v) is 4.77. The summed E-state index contributed by atoms with van der Waals surface area (Å²) in [6, 6.07) is 7.44. The first-order valence-corrected chi connectivity index (χ1v) is 8.41. The van der Waals surface area contributed by atoms with Crippen molar-refractivity contribution < 1.29 is 4.79 Å². The van der Waals surface area contributed by atoms with Gasteiger partial charge in [0, 0.05) is 23.4 Å². The van der Waals surface area contributed by atoms with E-state index in [2.05, 4.69) is 20.3 Å². The number of rotatable bonds is 3. The van der Waals surface area contributed by atoms with E-state index >= 15 is 0 Å². The average Bonchev–Trinajstić information content (AvgIpc) is 2.90. The Balaban J connectivity index is 1.67. The molecule has 0 saturated heterocycles. The van der Waals surface area contributed by atoms with Crippen LogP contribution in [0.25, 0.3) is 22.6 Å². The zero-order chi connectivity index (χ0) is 16.7. The minimum Gasteiger partial charge on any atom is -0.337 e. The Morgan fingerprint density at radius 3 is 2.92 bits per heavy atom. The average molecular weight is 341 g/mol. The maximum absolute atomic E-state index is 12.1. The number of benzene rings is 1. The van der Waals surface area contributed by atoms with Crippen LogP contribution in [0.15, 0.2) is 30.5 Å². The number of pyridine rings is 1. The van der Waals surface area contributed by atoms with Crippen molar-refractivity contribution in [3.63, 3.8) is 0 Å². The third-order valence-electron chi connectivity index (χ3n) is 4.44. The number of hydrogen-bond donors (Lipinski definition) is 2. The lowest BCUT2D eigenvalue weighted by Crippen LogP contribution is -2.28. The lowest BCUT2D eigenvalue weighted by atomic mass is 9.85. The molecule has 0 spiro atoms. The van der Waals surface area contributed by atoms with Crippen molar-refractivity contribution in [2.24, 2.45) is 5.92 Å². The summed E-state index contributed by atoms with van der Waals surface area (Å²) in [5, 5.41) is 3.55. The maximum atomic E-state index is 12.1. The smallest absolute Gasteiger partial charge is 0.227 e. The highest BCUT2D eigenvalue weighted by atomic mass is 35.5. The van der Waals surface area contributed by atoms with Gasteiger partial charge in [0.2, 0.25) is 5.91 Å². The second-order valence-corrected chi connectivity index (χ2v) is 6.69. The molecule has 1 fully saturated rings. The van der Waals surface area contributed by atoms with E-state index < -0.39 is 0 Å². The minimum absolute atomic E-state index is 0.0800. The Bertz CT molecular complexity index is 930. The number of carbonyl (C=O) groups excluding carboxylic acids is 1. The number of nitrogens with zero attached hydrogens (tertiary/aromatic N) is 2. The van der Waals surface area contributed by atoms with Crippen LogP contribution in [0.4, 0.5) is 5.69 Å². The predicted octanol–water partition coefficient (Wildman–Crippen LogP) is 4.33. The molecule has 1 aliphatic carbocycles. The van der Waals surface area contributed by atoms with Crippen LogP contribution in [0.2, 0.25) is 5.02 Å². The molecule has 1 amide bonds. The highest BCUT2D eigenvalue weighted by Gasteiger charge is 2.25. The number of aryl methyl sites for hydroxylation is 1. The van der Waals surface area contributed by atoms with Gasteiger partial charge in [-0.1, -0.05) is 18.0 Å². The van der Waals surface area contributed by atoms with Gasteiger partial charge < -0.3 is 10.3 Å². The van der Waals surface area contributed by atoms with Gasteiger partial charge in [0.1, 0.15) is 5.82 Å². The van der Waals surface area contributed by atoms with E-state index in [0.717, 1.165) is 41.6 Å². The molecule has 0 bridgehead atoms. The lowest BCUT2D eigenvalue weighted by Gasteiger charge is -2.24. The number of imidazole rings is 1. The summed E-state index contributed by atoms with van der Waals surface area (Å²) in [5.41, 5.74) is 4.06. The fourth-order valence-electron chi connectivity index (χ4n) is 2.83. The minimum atomic E-state index is 0.0800. The van der Waals surface area contributed by atoms with E-state index in [-0.39, 0.29) is 11.8 Å². The number of hydrogen-bond acceptors (Lipinski definition) is 3. The number of amides is 1. The molecule has 1 saturated carbocycles. The highest BCUT2D eigenvalue weighted by molar-refractivity contribution is 6.33. The molecule has 2 N–H and O–H groups in total. The number of halogens is 1. The molecule has 0 aliphatic heterocycles. The van der Waals surface area contributed by atoms with Crippen molar-refractivity contribution in [3.8, 4) is 11.4 Å². The van der Waals surface area contributed by atoms with Crippen molar-refractivity contribution in [2.75, 3.05) is 5.32 Å². The number of carbonyl (C=O) groups is 1. The van der Waals surface area contributed by atoms with Crippen molar-refractivity contribution >= 4 is 34.4 Å². The Hall–Kier alpha value is -2.40. The van der Waals surface area contributed by atoms with Gasteiger partial charge >= 0.3 is 0 Å². The second kappa shape index (κ2) is 5.91. The van der Waals surface area contributed by atoms with Gasteiger partial charge in [-0.3, -0.25) is 4.79 Å². The van der Waals surface area contributed by atoms with Crippen LogP contribution in [-0.4, -0.2) is 20.9 Å². The van der Waals surface area contributed by atoms with Crippen LogP contribution in [-0.2, 0) is 4.79 Å². The van der Waals surface area contributed by atoms with Crippen LogP contribution >= 0.6 is 11.6 Å². The van der Waals surface area contributed by atoms with Gasteiger partial charge in [-0.15, -0.1) is 0 Å². The summed E-state index contributed by atoms with van der Waals surface area (Å²) in [4.78, 5) is 24.2. The summed E-state index contributed by atoms with van der Waals surface area (Å²) in [7, 11) is 0. The van der Waals surface area contributed by atoms with E-state index in [1.807, 2.05) is 25.1 Å². The molecule has 24 heavy (non-hydrogen) atoms. The first-order valence-electron chi connectivity index (χ1n) is 8.03. The molecule has 1 aliphatic rings. The molecule has 0 unspecified atom stereocenters. The SMILES string of the molecule is Cc1cnc2nc(-c3cc(NC(=O)C4CCC4)ccc3Cl)[nH]c2c1. The predicted molar refractivity (Wildman–Crippen MR) is 95.0 cm³/mol.